The second-order valence-electron chi connectivity index (χ2n) is 9.74. The number of nitrogens with one attached hydrogen (secondary N) is 3. The molecule has 0 saturated carbocycles. The van der Waals surface area contributed by atoms with Crippen LogP contribution in [0.2, 0.25) is 10.0 Å². The Labute approximate surface area is 235 Å². The number of nitrogens with two attached hydrogens (primary N) is 3. The maximum atomic E-state index is 13.2. The smallest absolute Gasteiger partial charge is 0.237 e. The third-order valence-electron chi connectivity index (χ3n) is 7.01. The van der Waals surface area contributed by atoms with Gasteiger partial charge in [0.15, 0.2) is 0 Å². The lowest BCUT2D eigenvalue weighted by molar-refractivity contribution is -0.123. The van der Waals surface area contributed by atoms with Crippen LogP contribution in [0.1, 0.15) is 43.2 Å². The van der Waals surface area contributed by atoms with Crippen molar-refractivity contribution in [3.05, 3.63) is 69.7 Å². The summed E-state index contributed by atoms with van der Waals surface area (Å²) in [4.78, 5) is 15.7. The lowest BCUT2D eigenvalue weighted by Gasteiger charge is -2.29. The second-order valence-corrected chi connectivity index (χ2v) is 10.6. The van der Waals surface area contributed by atoms with E-state index in [-0.39, 0.29) is 11.9 Å². The molecule has 1 amide bonds. The molecule has 3 rings (SSSR count). The van der Waals surface area contributed by atoms with Crippen molar-refractivity contribution in [3.63, 3.8) is 0 Å². The Morgan fingerprint density at radius 1 is 1.08 bits per heavy atom. The Balaban J connectivity index is 1.59. The number of amidine groups is 1. The van der Waals surface area contributed by atoms with Crippen LogP contribution in [-0.2, 0) is 17.8 Å². The predicted molar refractivity (Wildman–Crippen MR) is 156 cm³/mol. The van der Waals surface area contributed by atoms with Gasteiger partial charge in [0, 0.05) is 38.1 Å². The number of carbonyl (C=O) groups excluding carboxylic acids is 1. The molecule has 2 unspecified atom stereocenters. The van der Waals surface area contributed by atoms with Crippen LogP contribution in [0.25, 0.3) is 0 Å². The van der Waals surface area contributed by atoms with Gasteiger partial charge in [-0.25, -0.2) is 5.84 Å². The minimum absolute atomic E-state index is 0.117. The molecule has 2 aromatic carbocycles. The Bertz CT molecular complexity index is 1040. The lowest BCUT2D eigenvalue weighted by atomic mass is 10.0. The number of amides is 1. The highest BCUT2D eigenvalue weighted by Gasteiger charge is 2.26. The van der Waals surface area contributed by atoms with Crippen LogP contribution in [0.5, 0.6) is 0 Å². The van der Waals surface area contributed by atoms with Gasteiger partial charge in [-0.15, -0.1) is 0 Å². The lowest BCUT2D eigenvalue weighted by Crippen LogP contribution is -2.46. The summed E-state index contributed by atoms with van der Waals surface area (Å²) in [6.07, 6.45) is 4.88. The first-order valence-electron chi connectivity index (χ1n) is 13.1. The van der Waals surface area contributed by atoms with Crippen molar-refractivity contribution in [1.82, 2.24) is 21.0 Å². The van der Waals surface area contributed by atoms with Crippen molar-refractivity contribution < 1.29 is 4.79 Å². The minimum Gasteiger partial charge on any atom is -0.351 e. The zero-order valence-electron chi connectivity index (χ0n) is 21.7. The highest BCUT2D eigenvalue weighted by atomic mass is 35.5. The first kappa shape index (κ1) is 30.1. The van der Waals surface area contributed by atoms with E-state index in [0.29, 0.717) is 47.9 Å². The van der Waals surface area contributed by atoms with Crippen molar-refractivity contribution in [3.8, 4) is 0 Å². The summed E-state index contributed by atoms with van der Waals surface area (Å²) in [6.45, 7) is 2.94. The molecule has 1 saturated heterocycles. The number of rotatable bonds is 14. The van der Waals surface area contributed by atoms with Gasteiger partial charge in [0.1, 0.15) is 5.84 Å². The first-order valence-corrected chi connectivity index (χ1v) is 13.9. The van der Waals surface area contributed by atoms with Crippen molar-refractivity contribution in [2.45, 2.75) is 63.2 Å². The SMILES string of the molecule is N/N=C(/CC[C@@H](NCCC(CCc1ccccc1)N1CCC(N)C1)C(=O)NCc1ccc(Cl)c(Cl)c1)NN. The molecule has 1 aliphatic heterocycles. The van der Waals surface area contributed by atoms with Crippen molar-refractivity contribution >= 4 is 34.9 Å². The van der Waals surface area contributed by atoms with Gasteiger partial charge in [-0.3, -0.25) is 9.69 Å². The van der Waals surface area contributed by atoms with Gasteiger partial charge in [0.05, 0.1) is 16.1 Å². The van der Waals surface area contributed by atoms with Gasteiger partial charge >= 0.3 is 0 Å². The average molecular weight is 564 g/mol. The van der Waals surface area contributed by atoms with Crippen molar-refractivity contribution in [2.75, 3.05) is 19.6 Å². The van der Waals surface area contributed by atoms with Crippen LogP contribution in [-0.4, -0.2) is 54.4 Å². The maximum absolute atomic E-state index is 13.2. The summed E-state index contributed by atoms with van der Waals surface area (Å²) in [7, 11) is 0. The van der Waals surface area contributed by atoms with Gasteiger partial charge in [0.25, 0.3) is 0 Å². The molecule has 0 spiro atoms. The number of hydrazone groups is 1. The van der Waals surface area contributed by atoms with Gasteiger partial charge in [-0.2, -0.15) is 5.10 Å². The maximum Gasteiger partial charge on any atom is 0.237 e. The Hall–Kier alpha value is -2.40. The number of likely N-dealkylation sites (tertiary alicyclic amines) is 1. The van der Waals surface area contributed by atoms with Crippen molar-refractivity contribution in [2.24, 2.45) is 22.5 Å². The number of hydrogen-bond acceptors (Lipinski definition) is 7. The van der Waals surface area contributed by atoms with Crippen LogP contribution in [0.3, 0.4) is 0 Å². The second kappa shape index (κ2) is 15.9. The average Bonchev–Trinajstić information content (AvgIpc) is 3.36. The fourth-order valence-corrected chi connectivity index (χ4v) is 5.12. The predicted octanol–water partition coefficient (Wildman–Crippen LogP) is 2.51. The summed E-state index contributed by atoms with van der Waals surface area (Å²) in [5.41, 5.74) is 10.9. The number of hydrazine groups is 1. The van der Waals surface area contributed by atoms with Gasteiger partial charge in [-0.05, 0) is 61.9 Å². The Morgan fingerprint density at radius 2 is 1.87 bits per heavy atom. The molecule has 0 aromatic heterocycles. The molecule has 1 aliphatic rings. The minimum atomic E-state index is -0.446. The summed E-state index contributed by atoms with van der Waals surface area (Å²) in [5, 5.41) is 11.0. The van der Waals surface area contributed by atoms with Crippen molar-refractivity contribution in [1.29, 1.82) is 0 Å². The van der Waals surface area contributed by atoms with Gasteiger partial charge in [-0.1, -0.05) is 59.6 Å². The number of aryl methyl sites for hydroxylation is 1. The molecule has 0 bridgehead atoms. The number of carbonyl (C=O) groups is 1. The molecular formula is C27H40Cl2N8O. The van der Waals surface area contributed by atoms with E-state index >= 15 is 0 Å². The third-order valence-corrected chi connectivity index (χ3v) is 7.75. The highest BCUT2D eigenvalue weighted by molar-refractivity contribution is 6.42. The normalized spacial score (nSPS) is 17.8. The van der Waals surface area contributed by atoms with E-state index in [1.165, 1.54) is 5.56 Å². The fourth-order valence-electron chi connectivity index (χ4n) is 4.80. The van der Waals surface area contributed by atoms with Gasteiger partial charge in [0.2, 0.25) is 5.91 Å². The monoisotopic (exact) mass is 562 g/mol. The molecule has 1 heterocycles. The zero-order valence-corrected chi connectivity index (χ0v) is 23.2. The van der Waals surface area contributed by atoms with E-state index < -0.39 is 6.04 Å². The largest absolute Gasteiger partial charge is 0.351 e. The van der Waals surface area contributed by atoms with E-state index in [4.69, 9.17) is 40.6 Å². The summed E-state index contributed by atoms with van der Waals surface area (Å²) < 4.78 is 0. The summed E-state index contributed by atoms with van der Waals surface area (Å²) in [5.74, 6) is 11.2. The number of halogens is 2. The molecule has 2 aromatic rings. The van der Waals surface area contributed by atoms with E-state index in [1.807, 2.05) is 12.1 Å². The Morgan fingerprint density at radius 3 is 2.53 bits per heavy atom. The molecule has 1 fully saturated rings. The molecule has 9 N–H and O–H groups in total. The van der Waals surface area contributed by atoms with Crippen LogP contribution >= 0.6 is 23.2 Å². The molecule has 3 atom stereocenters. The number of hydrogen-bond donors (Lipinski definition) is 6. The molecule has 9 nitrogen and oxygen atoms in total. The molecule has 0 aliphatic carbocycles. The van der Waals surface area contributed by atoms with E-state index in [2.05, 4.69) is 50.3 Å². The summed E-state index contributed by atoms with van der Waals surface area (Å²) >= 11 is 12.1. The number of benzene rings is 2. The van der Waals surface area contributed by atoms with E-state index in [9.17, 15) is 4.79 Å². The van der Waals surface area contributed by atoms with Crippen LogP contribution < -0.4 is 33.5 Å². The molecule has 0 radical (unpaired) electrons. The molecule has 38 heavy (non-hydrogen) atoms. The molecule has 11 heteroatoms. The topological polar surface area (TPSA) is 147 Å². The standard InChI is InChI=1S/C27H40Cl2N8O/c28-23-9-7-20(16-24(23)29)17-34-27(38)25(10-11-26(35-31)36-32)33-14-12-22(37-15-13-21(30)18-37)8-6-19-4-2-1-3-5-19/h1-5,7,9,16,21-22,25,33H,6,8,10-15,17-18,30-32H2,(H,34,38)(H,35,36)/t21?,22?,25-/m1/s1. The van der Waals surface area contributed by atoms with Crippen LogP contribution in [0.15, 0.2) is 53.6 Å². The van der Waals surface area contributed by atoms with E-state index in [1.54, 1.807) is 12.1 Å². The van der Waals surface area contributed by atoms with Crippen LogP contribution in [0.4, 0.5) is 0 Å². The third kappa shape index (κ3) is 9.72. The Kier molecular flexibility index (Phi) is 12.6. The highest BCUT2D eigenvalue weighted by Crippen LogP contribution is 2.22. The quantitative estimate of drug-likeness (QED) is 0.0896. The van der Waals surface area contributed by atoms with Gasteiger partial charge < -0.3 is 27.6 Å². The fraction of sp³-hybridized carbons (Fsp3) is 0.481. The summed E-state index contributed by atoms with van der Waals surface area (Å²) in [6, 6.07) is 16.0. The number of nitrogens with zero attached hydrogens (tertiary/aromatic N) is 2. The molecule has 208 valence electrons. The van der Waals surface area contributed by atoms with Crippen LogP contribution in [0, 0.1) is 0 Å². The first-order chi connectivity index (χ1) is 18.4. The molecular weight excluding hydrogens is 523 g/mol. The zero-order chi connectivity index (χ0) is 27.3. The van der Waals surface area contributed by atoms with E-state index in [0.717, 1.165) is 44.3 Å².